The fourth-order valence-corrected chi connectivity index (χ4v) is 4.10. The van der Waals surface area contributed by atoms with Crippen molar-refractivity contribution in [2.45, 2.75) is 52.0 Å². The summed E-state index contributed by atoms with van der Waals surface area (Å²) < 4.78 is 8.08. The van der Waals surface area contributed by atoms with Crippen molar-refractivity contribution in [2.24, 2.45) is 5.92 Å². The van der Waals surface area contributed by atoms with E-state index in [1.807, 2.05) is 27.7 Å². The number of nitrogens with zero attached hydrogens (tertiary/aromatic N) is 4. The Morgan fingerprint density at radius 3 is 2.93 bits per heavy atom. The Hall–Kier alpha value is -2.37. The lowest BCUT2D eigenvalue weighted by Gasteiger charge is -2.32. The van der Waals surface area contributed by atoms with E-state index >= 15 is 0 Å². The zero-order valence-corrected chi connectivity index (χ0v) is 16.1. The number of rotatable bonds is 4. The number of aryl methyl sites for hydroxylation is 2. The molecule has 1 aromatic heterocycles. The second-order valence-electron chi connectivity index (χ2n) is 7.74. The van der Waals surface area contributed by atoms with E-state index in [1.54, 1.807) is 0 Å². The van der Waals surface area contributed by atoms with E-state index in [1.165, 1.54) is 6.42 Å². The largest absolute Gasteiger partial charge is 0.493 e. The van der Waals surface area contributed by atoms with Crippen LogP contribution in [0.15, 0.2) is 24.3 Å². The Balaban J connectivity index is 1.40. The van der Waals surface area contributed by atoms with Gasteiger partial charge in [0.2, 0.25) is 5.82 Å². The van der Waals surface area contributed by atoms with Crippen LogP contribution in [0.5, 0.6) is 5.75 Å². The number of carbonyl (C=O) groups is 1. The van der Waals surface area contributed by atoms with Gasteiger partial charge in [0, 0.05) is 32.0 Å². The predicted octanol–water partition coefficient (Wildman–Crippen LogP) is 3.24. The number of ether oxygens (including phenoxy) is 1. The molecule has 0 N–H and O–H groups in total. The van der Waals surface area contributed by atoms with Gasteiger partial charge < -0.3 is 14.2 Å². The molecule has 0 aliphatic carbocycles. The van der Waals surface area contributed by atoms with Gasteiger partial charge in [0.05, 0.1) is 6.61 Å². The summed E-state index contributed by atoms with van der Waals surface area (Å²) in [5.74, 6) is 2.80. The topological polar surface area (TPSA) is 60.2 Å². The van der Waals surface area contributed by atoms with E-state index in [9.17, 15) is 4.79 Å². The third kappa shape index (κ3) is 3.99. The number of piperidine rings is 1. The van der Waals surface area contributed by atoms with Crippen molar-refractivity contribution in [3.8, 4) is 5.75 Å². The lowest BCUT2D eigenvalue weighted by atomic mass is 9.99. The first kappa shape index (κ1) is 18.0. The molecule has 144 valence electrons. The Morgan fingerprint density at radius 2 is 2.04 bits per heavy atom. The Labute approximate surface area is 160 Å². The Bertz CT molecular complexity index is 801. The molecule has 6 nitrogen and oxygen atoms in total. The Kier molecular flexibility index (Phi) is 5.41. The number of hydrogen-bond donors (Lipinski definition) is 0. The average Bonchev–Trinajstić information content (AvgIpc) is 2.95. The fraction of sp³-hybridized carbons (Fsp3) is 0.571. The highest BCUT2D eigenvalue weighted by molar-refractivity contribution is 5.90. The minimum atomic E-state index is 0.0243. The van der Waals surface area contributed by atoms with Crippen molar-refractivity contribution >= 4 is 5.91 Å². The van der Waals surface area contributed by atoms with E-state index in [-0.39, 0.29) is 5.91 Å². The van der Waals surface area contributed by atoms with Crippen LogP contribution in [-0.2, 0) is 13.0 Å². The van der Waals surface area contributed by atoms with Gasteiger partial charge in [0.1, 0.15) is 11.6 Å². The molecular weight excluding hydrogens is 340 g/mol. The van der Waals surface area contributed by atoms with Crippen molar-refractivity contribution in [1.82, 2.24) is 19.7 Å². The van der Waals surface area contributed by atoms with Crippen LogP contribution in [-0.4, -0.2) is 45.3 Å². The molecule has 1 aromatic carbocycles. The van der Waals surface area contributed by atoms with Gasteiger partial charge in [0.15, 0.2) is 0 Å². The molecule has 0 radical (unpaired) electrons. The van der Waals surface area contributed by atoms with Crippen LogP contribution in [0.3, 0.4) is 0 Å². The molecule has 1 atom stereocenters. The summed E-state index contributed by atoms with van der Waals surface area (Å²) in [6.07, 6.45) is 6.45. The lowest BCUT2D eigenvalue weighted by Crippen LogP contribution is -2.42. The summed E-state index contributed by atoms with van der Waals surface area (Å²) in [5, 5.41) is 8.51. The molecule has 2 aliphatic rings. The second-order valence-corrected chi connectivity index (χ2v) is 7.74. The fourth-order valence-electron chi connectivity index (χ4n) is 4.10. The zero-order chi connectivity index (χ0) is 18.6. The molecule has 0 spiro atoms. The molecule has 0 unspecified atom stereocenters. The number of para-hydroxylation sites is 1. The second kappa shape index (κ2) is 8.11. The molecule has 1 saturated heterocycles. The molecule has 2 aromatic rings. The van der Waals surface area contributed by atoms with Crippen LogP contribution in [0.1, 0.15) is 54.1 Å². The first-order valence-corrected chi connectivity index (χ1v) is 10.1. The number of hydrogen-bond acceptors (Lipinski definition) is 4. The molecule has 6 heteroatoms. The van der Waals surface area contributed by atoms with Gasteiger partial charge in [-0.2, -0.15) is 0 Å². The van der Waals surface area contributed by atoms with Gasteiger partial charge in [-0.1, -0.05) is 24.6 Å². The van der Waals surface area contributed by atoms with Crippen LogP contribution in [0.25, 0.3) is 0 Å². The van der Waals surface area contributed by atoms with Gasteiger partial charge in [-0.05, 0) is 44.2 Å². The summed E-state index contributed by atoms with van der Waals surface area (Å²) in [5.41, 5.74) is 1.15. The number of carbonyl (C=O) groups excluding carboxylic acids is 1. The first-order chi connectivity index (χ1) is 13.2. The van der Waals surface area contributed by atoms with Crippen molar-refractivity contribution < 1.29 is 9.53 Å². The van der Waals surface area contributed by atoms with Gasteiger partial charge >= 0.3 is 0 Å². The summed E-state index contributed by atoms with van der Waals surface area (Å²) in [6, 6.07) is 8.08. The third-order valence-electron chi connectivity index (χ3n) is 5.68. The highest BCUT2D eigenvalue weighted by Gasteiger charge is 2.29. The van der Waals surface area contributed by atoms with Crippen molar-refractivity contribution in [3.05, 3.63) is 41.5 Å². The maximum absolute atomic E-state index is 13.1. The number of likely N-dealkylation sites (tertiary alicyclic amines) is 1. The first-order valence-electron chi connectivity index (χ1n) is 10.1. The third-order valence-corrected chi connectivity index (χ3v) is 5.68. The highest BCUT2D eigenvalue weighted by Crippen LogP contribution is 2.23. The van der Waals surface area contributed by atoms with Crippen molar-refractivity contribution in [2.75, 3.05) is 19.7 Å². The van der Waals surface area contributed by atoms with Gasteiger partial charge in [0.25, 0.3) is 5.91 Å². The van der Waals surface area contributed by atoms with Crippen LogP contribution in [0.2, 0.25) is 0 Å². The maximum atomic E-state index is 13.1. The summed E-state index contributed by atoms with van der Waals surface area (Å²) in [7, 11) is 0. The number of aromatic nitrogens is 3. The van der Waals surface area contributed by atoms with E-state index in [0.717, 1.165) is 68.9 Å². The summed E-state index contributed by atoms with van der Waals surface area (Å²) in [6.45, 7) is 5.08. The molecule has 27 heavy (non-hydrogen) atoms. The molecule has 0 saturated carbocycles. The van der Waals surface area contributed by atoms with Crippen LogP contribution in [0, 0.1) is 12.8 Å². The number of fused-ring (bicyclic) bond motifs is 1. The van der Waals surface area contributed by atoms with Gasteiger partial charge in [-0.25, -0.2) is 0 Å². The molecule has 4 rings (SSSR count). The van der Waals surface area contributed by atoms with Crippen LogP contribution < -0.4 is 4.74 Å². The van der Waals surface area contributed by atoms with E-state index in [2.05, 4.69) is 23.2 Å². The van der Waals surface area contributed by atoms with E-state index in [0.29, 0.717) is 18.3 Å². The Morgan fingerprint density at radius 1 is 1.15 bits per heavy atom. The lowest BCUT2D eigenvalue weighted by molar-refractivity contribution is 0.0615. The molecule has 0 bridgehead atoms. The highest BCUT2D eigenvalue weighted by atomic mass is 16.5. The molecule has 1 fully saturated rings. The average molecular weight is 368 g/mol. The monoisotopic (exact) mass is 368 g/mol. The van der Waals surface area contributed by atoms with Gasteiger partial charge in [-0.3, -0.25) is 4.79 Å². The smallest absolute Gasteiger partial charge is 0.291 e. The molecular formula is C21H28N4O2. The number of benzene rings is 1. The molecule has 3 heterocycles. The summed E-state index contributed by atoms with van der Waals surface area (Å²) >= 11 is 0. The predicted molar refractivity (Wildman–Crippen MR) is 103 cm³/mol. The van der Waals surface area contributed by atoms with Crippen molar-refractivity contribution in [3.63, 3.8) is 0 Å². The SMILES string of the molecule is Cc1ccccc1OC[C@@H]1CCCN(C(=O)c2nnc3n2CCCCC3)C1. The normalized spacial score (nSPS) is 20.0. The van der Waals surface area contributed by atoms with Crippen LogP contribution in [0.4, 0.5) is 0 Å². The zero-order valence-electron chi connectivity index (χ0n) is 16.1. The number of amides is 1. The quantitative estimate of drug-likeness (QED) is 0.831. The maximum Gasteiger partial charge on any atom is 0.291 e. The van der Waals surface area contributed by atoms with Gasteiger partial charge in [-0.15, -0.1) is 10.2 Å². The van der Waals surface area contributed by atoms with E-state index in [4.69, 9.17) is 4.74 Å². The summed E-state index contributed by atoms with van der Waals surface area (Å²) in [4.78, 5) is 15.0. The van der Waals surface area contributed by atoms with Crippen LogP contribution >= 0.6 is 0 Å². The standard InChI is InChI=1S/C21H28N4O2/c1-16-8-4-5-10-18(16)27-15-17-9-7-12-24(14-17)21(26)20-23-22-19-11-3-2-6-13-25(19)20/h4-5,8,10,17H,2-3,6-7,9,11-15H2,1H3/t17-/m1/s1. The molecule has 1 amide bonds. The van der Waals surface area contributed by atoms with E-state index < -0.39 is 0 Å². The van der Waals surface area contributed by atoms with Crippen molar-refractivity contribution in [1.29, 1.82) is 0 Å². The minimum absolute atomic E-state index is 0.0243. The molecule has 2 aliphatic heterocycles. The minimum Gasteiger partial charge on any atom is -0.493 e.